The van der Waals surface area contributed by atoms with Crippen molar-refractivity contribution < 1.29 is 4.42 Å². The Kier molecular flexibility index (Phi) is 2.03. The van der Waals surface area contributed by atoms with Gasteiger partial charge in [0, 0.05) is 5.39 Å². The number of nitrogens with two attached hydrogens (primary N) is 1. The van der Waals surface area contributed by atoms with Crippen molar-refractivity contribution in [3.05, 3.63) is 35.6 Å². The number of benzene rings is 1. The SMILES string of the molecule is NCCC1CCc2ccc3occc3c21. The van der Waals surface area contributed by atoms with Crippen LogP contribution in [0.15, 0.2) is 28.9 Å². The Morgan fingerprint density at radius 1 is 1.33 bits per heavy atom. The maximum atomic E-state index is 5.66. The lowest BCUT2D eigenvalue weighted by atomic mass is 9.95. The molecule has 0 saturated heterocycles. The van der Waals surface area contributed by atoms with Crippen LogP contribution in [0.25, 0.3) is 11.0 Å². The van der Waals surface area contributed by atoms with Crippen LogP contribution in [0.2, 0.25) is 0 Å². The highest BCUT2D eigenvalue weighted by Gasteiger charge is 2.24. The molecule has 1 atom stereocenters. The monoisotopic (exact) mass is 201 g/mol. The van der Waals surface area contributed by atoms with Crippen LogP contribution in [0, 0.1) is 0 Å². The van der Waals surface area contributed by atoms with Gasteiger partial charge >= 0.3 is 0 Å². The smallest absolute Gasteiger partial charge is 0.134 e. The topological polar surface area (TPSA) is 39.2 Å². The maximum Gasteiger partial charge on any atom is 0.134 e. The van der Waals surface area contributed by atoms with Crippen LogP contribution in [0.3, 0.4) is 0 Å². The zero-order valence-electron chi connectivity index (χ0n) is 8.70. The number of hydrogen-bond donors (Lipinski definition) is 1. The number of rotatable bonds is 2. The van der Waals surface area contributed by atoms with Crippen LogP contribution < -0.4 is 5.73 Å². The summed E-state index contributed by atoms with van der Waals surface area (Å²) >= 11 is 0. The summed E-state index contributed by atoms with van der Waals surface area (Å²) in [4.78, 5) is 0. The molecule has 2 N–H and O–H groups in total. The van der Waals surface area contributed by atoms with Gasteiger partial charge in [0.05, 0.1) is 6.26 Å². The molecule has 0 fully saturated rings. The van der Waals surface area contributed by atoms with Crippen molar-refractivity contribution in [2.45, 2.75) is 25.2 Å². The fraction of sp³-hybridized carbons (Fsp3) is 0.385. The Hall–Kier alpha value is -1.28. The van der Waals surface area contributed by atoms with Crippen LogP contribution >= 0.6 is 0 Å². The van der Waals surface area contributed by atoms with Gasteiger partial charge < -0.3 is 10.2 Å². The summed E-state index contributed by atoms with van der Waals surface area (Å²) in [7, 11) is 0. The normalized spacial score (nSPS) is 19.7. The predicted molar refractivity (Wildman–Crippen MR) is 60.9 cm³/mol. The molecule has 0 radical (unpaired) electrons. The third kappa shape index (κ3) is 1.29. The van der Waals surface area contributed by atoms with Gasteiger partial charge in [-0.15, -0.1) is 0 Å². The number of furan rings is 1. The molecule has 78 valence electrons. The summed E-state index contributed by atoms with van der Waals surface area (Å²) in [6.07, 6.45) is 5.32. The molecule has 1 heterocycles. The molecular formula is C13H15NO. The van der Waals surface area contributed by atoms with E-state index < -0.39 is 0 Å². The van der Waals surface area contributed by atoms with E-state index in [-0.39, 0.29) is 0 Å². The van der Waals surface area contributed by atoms with Gasteiger partial charge in [-0.1, -0.05) is 6.07 Å². The minimum atomic E-state index is 0.645. The number of aryl methyl sites for hydroxylation is 1. The van der Waals surface area contributed by atoms with Crippen LogP contribution in [0.1, 0.15) is 29.9 Å². The molecule has 0 saturated carbocycles. The van der Waals surface area contributed by atoms with Crippen molar-refractivity contribution in [1.29, 1.82) is 0 Å². The Bertz CT molecular complexity index is 484. The van der Waals surface area contributed by atoms with Crippen LogP contribution in [0.4, 0.5) is 0 Å². The summed E-state index contributed by atoms with van der Waals surface area (Å²) in [6.45, 7) is 0.776. The van der Waals surface area contributed by atoms with Crippen molar-refractivity contribution in [3.63, 3.8) is 0 Å². The van der Waals surface area contributed by atoms with Gasteiger partial charge in [-0.2, -0.15) is 0 Å². The summed E-state index contributed by atoms with van der Waals surface area (Å²) in [5, 5.41) is 1.29. The summed E-state index contributed by atoms with van der Waals surface area (Å²) in [6, 6.07) is 6.37. The molecule has 15 heavy (non-hydrogen) atoms. The van der Waals surface area contributed by atoms with E-state index in [2.05, 4.69) is 18.2 Å². The third-order valence-corrected chi connectivity index (χ3v) is 3.45. The standard InChI is InChI=1S/C13H15NO/c14-7-5-10-2-1-9-3-4-12-11(13(9)10)6-8-15-12/h3-4,6,8,10H,1-2,5,7,14H2. The summed E-state index contributed by atoms with van der Waals surface area (Å²) in [5.74, 6) is 0.645. The molecule has 0 amide bonds. The van der Waals surface area contributed by atoms with E-state index in [9.17, 15) is 0 Å². The Morgan fingerprint density at radius 2 is 2.27 bits per heavy atom. The van der Waals surface area contributed by atoms with Gasteiger partial charge in [0.2, 0.25) is 0 Å². The minimum Gasteiger partial charge on any atom is -0.464 e. The third-order valence-electron chi connectivity index (χ3n) is 3.45. The average molecular weight is 201 g/mol. The molecule has 0 aliphatic heterocycles. The number of hydrogen-bond acceptors (Lipinski definition) is 2. The first-order valence-corrected chi connectivity index (χ1v) is 5.59. The van der Waals surface area contributed by atoms with E-state index >= 15 is 0 Å². The van der Waals surface area contributed by atoms with Gasteiger partial charge in [0.1, 0.15) is 5.58 Å². The average Bonchev–Trinajstić information content (AvgIpc) is 2.83. The van der Waals surface area contributed by atoms with Gasteiger partial charge in [-0.05, 0) is 55.0 Å². The van der Waals surface area contributed by atoms with Crippen LogP contribution in [-0.4, -0.2) is 6.54 Å². The quantitative estimate of drug-likeness (QED) is 0.811. The van der Waals surface area contributed by atoms with Gasteiger partial charge in [0.15, 0.2) is 0 Å². The molecular weight excluding hydrogens is 186 g/mol. The molecule has 1 unspecified atom stereocenters. The lowest BCUT2D eigenvalue weighted by Crippen LogP contribution is -2.04. The molecule has 2 aromatic rings. The van der Waals surface area contributed by atoms with E-state index in [1.54, 1.807) is 6.26 Å². The second kappa shape index (κ2) is 3.38. The predicted octanol–water partition coefficient (Wildman–Crippen LogP) is 2.81. The molecule has 0 bridgehead atoms. The molecule has 2 nitrogen and oxygen atoms in total. The fourth-order valence-electron chi connectivity index (χ4n) is 2.78. The van der Waals surface area contributed by atoms with Crippen molar-refractivity contribution in [2.75, 3.05) is 6.54 Å². The van der Waals surface area contributed by atoms with E-state index in [0.717, 1.165) is 18.5 Å². The lowest BCUT2D eigenvalue weighted by Gasteiger charge is -2.10. The second-order valence-corrected chi connectivity index (χ2v) is 4.28. The molecule has 3 rings (SSSR count). The highest BCUT2D eigenvalue weighted by Crippen LogP contribution is 2.40. The second-order valence-electron chi connectivity index (χ2n) is 4.28. The minimum absolute atomic E-state index is 0.645. The van der Waals surface area contributed by atoms with Gasteiger partial charge in [-0.3, -0.25) is 0 Å². The Balaban J connectivity index is 2.18. The summed E-state index contributed by atoms with van der Waals surface area (Å²) < 4.78 is 5.44. The molecule has 1 aliphatic rings. The highest BCUT2D eigenvalue weighted by molar-refractivity contribution is 5.83. The van der Waals surface area contributed by atoms with Crippen LogP contribution in [0.5, 0.6) is 0 Å². The first kappa shape index (κ1) is 8.98. The number of fused-ring (bicyclic) bond motifs is 3. The van der Waals surface area contributed by atoms with Crippen molar-refractivity contribution in [2.24, 2.45) is 5.73 Å². The molecule has 1 aromatic heterocycles. The van der Waals surface area contributed by atoms with Gasteiger partial charge in [-0.25, -0.2) is 0 Å². The van der Waals surface area contributed by atoms with E-state index in [4.69, 9.17) is 10.2 Å². The molecule has 1 aliphatic carbocycles. The van der Waals surface area contributed by atoms with E-state index in [1.807, 2.05) is 0 Å². The summed E-state index contributed by atoms with van der Waals surface area (Å²) in [5.41, 5.74) is 9.65. The zero-order chi connectivity index (χ0) is 10.3. The van der Waals surface area contributed by atoms with E-state index in [0.29, 0.717) is 5.92 Å². The zero-order valence-corrected chi connectivity index (χ0v) is 8.70. The Labute approximate surface area is 89.1 Å². The first-order chi connectivity index (χ1) is 7.40. The van der Waals surface area contributed by atoms with Crippen molar-refractivity contribution in [1.82, 2.24) is 0 Å². The fourth-order valence-corrected chi connectivity index (χ4v) is 2.78. The highest BCUT2D eigenvalue weighted by atomic mass is 16.3. The lowest BCUT2D eigenvalue weighted by molar-refractivity contribution is 0.614. The first-order valence-electron chi connectivity index (χ1n) is 5.59. The van der Waals surface area contributed by atoms with Gasteiger partial charge in [0.25, 0.3) is 0 Å². The van der Waals surface area contributed by atoms with Crippen molar-refractivity contribution in [3.8, 4) is 0 Å². The van der Waals surface area contributed by atoms with Crippen LogP contribution in [-0.2, 0) is 6.42 Å². The molecule has 2 heteroatoms. The Morgan fingerprint density at radius 3 is 3.13 bits per heavy atom. The van der Waals surface area contributed by atoms with E-state index in [1.165, 1.54) is 29.4 Å². The van der Waals surface area contributed by atoms with Crippen molar-refractivity contribution >= 4 is 11.0 Å². The molecule has 1 aromatic carbocycles. The maximum absolute atomic E-state index is 5.66. The molecule has 0 spiro atoms. The largest absolute Gasteiger partial charge is 0.464 e.